The summed E-state index contributed by atoms with van der Waals surface area (Å²) in [6.45, 7) is 4.69. The van der Waals surface area contributed by atoms with Gasteiger partial charge in [0.05, 0.1) is 12.1 Å². The molecule has 2 rings (SSSR count). The van der Waals surface area contributed by atoms with Crippen molar-refractivity contribution in [3.05, 3.63) is 35.4 Å². The van der Waals surface area contributed by atoms with Crippen molar-refractivity contribution in [3.63, 3.8) is 0 Å². The van der Waals surface area contributed by atoms with Crippen molar-refractivity contribution in [1.82, 2.24) is 15.5 Å². The standard InChI is InChI=1S/C19H32N4O/c1-5-15-8-10-16(11-9-15)18(23(3)4)14-22-19(20-2)21-13-17-7-6-12-24-17/h8-11,17-18H,5-7,12-14H2,1-4H3,(H2,20,21,22). The molecule has 1 heterocycles. The van der Waals surface area contributed by atoms with Gasteiger partial charge in [-0.25, -0.2) is 0 Å². The molecule has 0 amide bonds. The van der Waals surface area contributed by atoms with Crippen molar-refractivity contribution in [1.29, 1.82) is 0 Å². The molecule has 2 atom stereocenters. The van der Waals surface area contributed by atoms with Gasteiger partial charge in [-0.05, 0) is 44.5 Å². The van der Waals surface area contributed by atoms with Crippen molar-refractivity contribution < 1.29 is 4.74 Å². The summed E-state index contributed by atoms with van der Waals surface area (Å²) in [5, 5.41) is 6.81. The van der Waals surface area contributed by atoms with Crippen LogP contribution in [0.25, 0.3) is 0 Å². The molecule has 1 aliphatic heterocycles. The van der Waals surface area contributed by atoms with Crippen LogP contribution < -0.4 is 10.6 Å². The smallest absolute Gasteiger partial charge is 0.191 e. The quantitative estimate of drug-likeness (QED) is 0.594. The summed E-state index contributed by atoms with van der Waals surface area (Å²) < 4.78 is 5.65. The van der Waals surface area contributed by atoms with Crippen LogP contribution in [0.4, 0.5) is 0 Å². The van der Waals surface area contributed by atoms with Crippen LogP contribution in [0, 0.1) is 0 Å². The van der Waals surface area contributed by atoms with Gasteiger partial charge in [0.15, 0.2) is 5.96 Å². The number of aryl methyl sites for hydroxylation is 1. The molecule has 1 fully saturated rings. The highest BCUT2D eigenvalue weighted by Gasteiger charge is 2.17. The summed E-state index contributed by atoms with van der Waals surface area (Å²) in [7, 11) is 6.04. The average molecular weight is 332 g/mol. The zero-order chi connectivity index (χ0) is 17.4. The third-order valence-corrected chi connectivity index (χ3v) is 4.60. The molecule has 0 radical (unpaired) electrons. The average Bonchev–Trinajstić information content (AvgIpc) is 3.11. The Kier molecular flexibility index (Phi) is 7.53. The van der Waals surface area contributed by atoms with Crippen LogP contribution in [0.2, 0.25) is 0 Å². The van der Waals surface area contributed by atoms with Gasteiger partial charge in [-0.1, -0.05) is 31.2 Å². The van der Waals surface area contributed by atoms with E-state index in [1.165, 1.54) is 11.1 Å². The number of hydrogen-bond acceptors (Lipinski definition) is 3. The van der Waals surface area contributed by atoms with E-state index in [0.717, 1.165) is 44.9 Å². The molecule has 0 spiro atoms. The summed E-state index contributed by atoms with van der Waals surface area (Å²) in [5.41, 5.74) is 2.69. The molecule has 134 valence electrons. The number of guanidine groups is 1. The maximum atomic E-state index is 5.65. The van der Waals surface area contributed by atoms with Gasteiger partial charge in [0, 0.05) is 26.7 Å². The van der Waals surface area contributed by atoms with Gasteiger partial charge < -0.3 is 20.3 Å². The van der Waals surface area contributed by atoms with Crippen molar-refractivity contribution in [2.75, 3.05) is 40.8 Å². The van der Waals surface area contributed by atoms with Gasteiger partial charge in [-0.3, -0.25) is 4.99 Å². The number of rotatable bonds is 7. The first-order valence-corrected chi connectivity index (χ1v) is 8.95. The summed E-state index contributed by atoms with van der Waals surface area (Å²) in [6.07, 6.45) is 3.68. The van der Waals surface area contributed by atoms with Crippen molar-refractivity contribution in [3.8, 4) is 0 Å². The van der Waals surface area contributed by atoms with E-state index in [2.05, 4.69) is 65.8 Å². The van der Waals surface area contributed by atoms with Gasteiger partial charge in [0.25, 0.3) is 0 Å². The fourth-order valence-electron chi connectivity index (χ4n) is 3.00. The van der Waals surface area contributed by atoms with Gasteiger partial charge in [-0.2, -0.15) is 0 Å². The Morgan fingerprint density at radius 3 is 2.58 bits per heavy atom. The van der Waals surface area contributed by atoms with Crippen LogP contribution in [0.5, 0.6) is 0 Å². The number of hydrogen-bond donors (Lipinski definition) is 2. The second kappa shape index (κ2) is 9.64. The van der Waals surface area contributed by atoms with Crippen LogP contribution in [-0.4, -0.2) is 57.8 Å². The Balaban J connectivity index is 1.88. The third-order valence-electron chi connectivity index (χ3n) is 4.60. The van der Waals surface area contributed by atoms with Gasteiger partial charge in [0.1, 0.15) is 0 Å². The maximum absolute atomic E-state index is 5.65. The lowest BCUT2D eigenvalue weighted by Crippen LogP contribution is -2.44. The monoisotopic (exact) mass is 332 g/mol. The van der Waals surface area contributed by atoms with E-state index >= 15 is 0 Å². The molecule has 0 bridgehead atoms. The number of benzene rings is 1. The Labute approximate surface area is 146 Å². The van der Waals surface area contributed by atoms with Crippen LogP contribution >= 0.6 is 0 Å². The first-order valence-electron chi connectivity index (χ1n) is 8.95. The normalized spacial score (nSPS) is 19.5. The van der Waals surface area contributed by atoms with Crippen LogP contribution in [-0.2, 0) is 11.2 Å². The second-order valence-electron chi connectivity index (χ2n) is 6.54. The Bertz CT molecular complexity index is 507. The summed E-state index contributed by atoms with van der Waals surface area (Å²) >= 11 is 0. The summed E-state index contributed by atoms with van der Waals surface area (Å²) in [5.74, 6) is 0.836. The summed E-state index contributed by atoms with van der Waals surface area (Å²) in [4.78, 5) is 6.56. The van der Waals surface area contributed by atoms with Crippen LogP contribution in [0.1, 0.15) is 36.9 Å². The molecule has 1 aliphatic rings. The minimum atomic E-state index is 0.303. The molecular weight excluding hydrogens is 300 g/mol. The van der Waals surface area contributed by atoms with Crippen molar-refractivity contribution in [2.45, 2.75) is 38.3 Å². The van der Waals surface area contributed by atoms with E-state index in [-0.39, 0.29) is 0 Å². The lowest BCUT2D eigenvalue weighted by Gasteiger charge is -2.26. The topological polar surface area (TPSA) is 48.9 Å². The predicted molar refractivity (Wildman–Crippen MR) is 101 cm³/mol. The summed E-state index contributed by atoms with van der Waals surface area (Å²) in [6, 6.07) is 9.20. The van der Waals surface area contributed by atoms with Gasteiger partial charge in [0.2, 0.25) is 0 Å². The first kappa shape index (κ1) is 18.7. The lowest BCUT2D eigenvalue weighted by molar-refractivity contribution is 0.113. The maximum Gasteiger partial charge on any atom is 0.191 e. The molecule has 2 unspecified atom stereocenters. The largest absolute Gasteiger partial charge is 0.376 e. The van der Waals surface area contributed by atoms with Gasteiger partial charge in [-0.15, -0.1) is 0 Å². The Hall–Kier alpha value is -1.59. The predicted octanol–water partition coefficient (Wildman–Crippen LogP) is 2.20. The highest BCUT2D eigenvalue weighted by Crippen LogP contribution is 2.18. The number of nitrogens with zero attached hydrogens (tertiary/aromatic N) is 2. The van der Waals surface area contributed by atoms with E-state index in [0.29, 0.717) is 12.1 Å². The zero-order valence-corrected chi connectivity index (χ0v) is 15.5. The molecule has 0 saturated carbocycles. The van der Waals surface area contributed by atoms with Crippen molar-refractivity contribution in [2.24, 2.45) is 4.99 Å². The van der Waals surface area contributed by atoms with E-state index < -0.39 is 0 Å². The molecule has 1 aromatic rings. The second-order valence-corrected chi connectivity index (χ2v) is 6.54. The number of ether oxygens (including phenoxy) is 1. The van der Waals surface area contributed by atoms with Crippen molar-refractivity contribution >= 4 is 5.96 Å². The molecule has 1 saturated heterocycles. The molecule has 0 aliphatic carbocycles. The van der Waals surface area contributed by atoms with E-state index in [4.69, 9.17) is 4.74 Å². The number of nitrogens with one attached hydrogen (secondary N) is 2. The molecule has 5 heteroatoms. The van der Waals surface area contributed by atoms with E-state index in [1.807, 2.05) is 7.05 Å². The molecule has 5 nitrogen and oxygen atoms in total. The highest BCUT2D eigenvalue weighted by molar-refractivity contribution is 5.79. The zero-order valence-electron chi connectivity index (χ0n) is 15.5. The third kappa shape index (κ3) is 5.49. The highest BCUT2D eigenvalue weighted by atomic mass is 16.5. The fraction of sp³-hybridized carbons (Fsp3) is 0.632. The molecule has 1 aromatic carbocycles. The first-order chi connectivity index (χ1) is 11.6. The SMILES string of the molecule is CCc1ccc(C(CNC(=NC)NCC2CCCO2)N(C)C)cc1. The Morgan fingerprint density at radius 1 is 1.29 bits per heavy atom. The van der Waals surface area contributed by atoms with Gasteiger partial charge >= 0.3 is 0 Å². The molecule has 0 aromatic heterocycles. The lowest BCUT2D eigenvalue weighted by atomic mass is 10.0. The minimum Gasteiger partial charge on any atom is -0.376 e. The molecular formula is C19H32N4O. The number of aliphatic imine (C=N–C) groups is 1. The Morgan fingerprint density at radius 2 is 2.04 bits per heavy atom. The van der Waals surface area contributed by atoms with Crippen LogP contribution in [0.3, 0.4) is 0 Å². The molecule has 2 N–H and O–H groups in total. The number of likely N-dealkylation sites (N-methyl/N-ethyl adjacent to an activating group) is 1. The fourth-order valence-corrected chi connectivity index (χ4v) is 3.00. The minimum absolute atomic E-state index is 0.303. The van der Waals surface area contributed by atoms with E-state index in [9.17, 15) is 0 Å². The van der Waals surface area contributed by atoms with E-state index in [1.54, 1.807) is 0 Å². The molecule has 24 heavy (non-hydrogen) atoms. The van der Waals surface area contributed by atoms with Crippen LogP contribution in [0.15, 0.2) is 29.3 Å².